The summed E-state index contributed by atoms with van der Waals surface area (Å²) in [7, 11) is 0. The van der Waals surface area contributed by atoms with Gasteiger partial charge in [0.25, 0.3) is 0 Å². The molecule has 0 amide bonds. The van der Waals surface area contributed by atoms with Gasteiger partial charge in [0.1, 0.15) is 5.75 Å². The van der Waals surface area contributed by atoms with Gasteiger partial charge in [-0.15, -0.1) is 13.2 Å². The smallest absolute Gasteiger partial charge is 0.405 e. The first kappa shape index (κ1) is 16.5. The molecule has 0 bridgehead atoms. The van der Waals surface area contributed by atoms with Crippen molar-refractivity contribution in [1.82, 2.24) is 4.90 Å². The van der Waals surface area contributed by atoms with Crippen LogP contribution in [0.1, 0.15) is 18.4 Å². The van der Waals surface area contributed by atoms with Crippen molar-refractivity contribution in [2.45, 2.75) is 38.0 Å². The predicted octanol–water partition coefficient (Wildman–Crippen LogP) is 2.15. The third kappa shape index (κ3) is 3.97. The summed E-state index contributed by atoms with van der Waals surface area (Å²) >= 11 is 0. The van der Waals surface area contributed by atoms with E-state index in [9.17, 15) is 23.4 Å². The first-order chi connectivity index (χ1) is 10.8. The van der Waals surface area contributed by atoms with E-state index in [0.29, 0.717) is 24.9 Å². The lowest BCUT2D eigenvalue weighted by Crippen LogP contribution is -2.38. The third-order valence-corrected chi connectivity index (χ3v) is 4.78. The molecule has 23 heavy (non-hydrogen) atoms. The van der Waals surface area contributed by atoms with Crippen molar-refractivity contribution in [1.29, 1.82) is 0 Å². The maximum absolute atomic E-state index is 12.5. The van der Waals surface area contributed by atoms with Gasteiger partial charge in [0.05, 0.1) is 12.2 Å². The van der Waals surface area contributed by atoms with Gasteiger partial charge in [-0.1, -0.05) is 18.2 Å². The number of alkyl halides is 3. The summed E-state index contributed by atoms with van der Waals surface area (Å²) in [6, 6.07) is 6.16. The SMILES string of the molecule is O[C@H]1C[C@@H]2CN(Cc3ccccc3OC(F)(F)F)C[C@@H]2C[C@@H]1O. The number of benzene rings is 1. The Hall–Kier alpha value is -1.31. The van der Waals surface area contributed by atoms with Crippen molar-refractivity contribution in [2.24, 2.45) is 11.8 Å². The molecule has 1 aliphatic heterocycles. The fraction of sp³-hybridized carbons (Fsp3) is 0.625. The Labute approximate surface area is 132 Å². The van der Waals surface area contributed by atoms with Crippen LogP contribution in [0.4, 0.5) is 13.2 Å². The van der Waals surface area contributed by atoms with Gasteiger partial charge in [-0.25, -0.2) is 0 Å². The second kappa shape index (κ2) is 6.30. The van der Waals surface area contributed by atoms with Crippen LogP contribution in [0.5, 0.6) is 5.75 Å². The summed E-state index contributed by atoms with van der Waals surface area (Å²) in [6.45, 7) is 1.80. The first-order valence-corrected chi connectivity index (χ1v) is 7.74. The molecule has 2 aliphatic rings. The Kier molecular flexibility index (Phi) is 4.53. The summed E-state index contributed by atoms with van der Waals surface area (Å²) in [5.41, 5.74) is 0.490. The van der Waals surface area contributed by atoms with Gasteiger partial charge in [0.2, 0.25) is 0 Å². The number of aliphatic hydroxyl groups is 2. The quantitative estimate of drug-likeness (QED) is 0.891. The van der Waals surface area contributed by atoms with Crippen LogP contribution < -0.4 is 4.74 Å². The zero-order valence-corrected chi connectivity index (χ0v) is 12.5. The summed E-state index contributed by atoms with van der Waals surface area (Å²) in [6.07, 6.45) is -5.01. The second-order valence-corrected chi connectivity index (χ2v) is 6.48. The molecule has 1 heterocycles. The highest BCUT2D eigenvalue weighted by Gasteiger charge is 2.41. The van der Waals surface area contributed by atoms with E-state index in [2.05, 4.69) is 9.64 Å². The first-order valence-electron chi connectivity index (χ1n) is 7.74. The van der Waals surface area contributed by atoms with Crippen molar-refractivity contribution in [3.63, 3.8) is 0 Å². The Morgan fingerprint density at radius 1 is 1.04 bits per heavy atom. The molecule has 128 valence electrons. The van der Waals surface area contributed by atoms with Crippen molar-refractivity contribution in [3.8, 4) is 5.75 Å². The zero-order valence-electron chi connectivity index (χ0n) is 12.5. The molecule has 0 spiro atoms. The highest BCUT2D eigenvalue weighted by molar-refractivity contribution is 5.33. The number of rotatable bonds is 3. The van der Waals surface area contributed by atoms with Crippen LogP contribution in [0.25, 0.3) is 0 Å². The van der Waals surface area contributed by atoms with Crippen LogP contribution >= 0.6 is 0 Å². The number of hydrogen-bond donors (Lipinski definition) is 2. The van der Waals surface area contributed by atoms with Gasteiger partial charge in [0, 0.05) is 25.2 Å². The summed E-state index contributed by atoms with van der Waals surface area (Å²) in [4.78, 5) is 2.07. The second-order valence-electron chi connectivity index (χ2n) is 6.48. The maximum atomic E-state index is 12.5. The van der Waals surface area contributed by atoms with Gasteiger partial charge >= 0.3 is 6.36 Å². The summed E-state index contributed by atoms with van der Waals surface area (Å²) in [5, 5.41) is 19.5. The van der Waals surface area contributed by atoms with E-state index >= 15 is 0 Å². The van der Waals surface area contributed by atoms with Crippen LogP contribution in [0, 0.1) is 11.8 Å². The molecular weight excluding hydrogens is 311 g/mol. The number of fused-ring (bicyclic) bond motifs is 1. The zero-order chi connectivity index (χ0) is 16.6. The fourth-order valence-electron chi connectivity index (χ4n) is 3.73. The maximum Gasteiger partial charge on any atom is 0.573 e. The molecule has 1 aromatic rings. The number of nitrogens with zero attached hydrogens (tertiary/aromatic N) is 1. The molecule has 3 rings (SSSR count). The number of aliphatic hydroxyl groups excluding tert-OH is 2. The minimum absolute atomic E-state index is 0.171. The highest BCUT2D eigenvalue weighted by Crippen LogP contribution is 2.38. The normalized spacial score (nSPS) is 31.9. The van der Waals surface area contributed by atoms with Crippen molar-refractivity contribution >= 4 is 0 Å². The molecule has 0 unspecified atom stereocenters. The van der Waals surface area contributed by atoms with Crippen LogP contribution in [0.2, 0.25) is 0 Å². The summed E-state index contributed by atoms with van der Waals surface area (Å²) in [5.74, 6) is 0.392. The highest BCUT2D eigenvalue weighted by atomic mass is 19.4. The molecule has 1 aliphatic carbocycles. The van der Waals surface area contributed by atoms with Crippen molar-refractivity contribution in [2.75, 3.05) is 13.1 Å². The molecule has 1 saturated carbocycles. The van der Waals surface area contributed by atoms with E-state index in [1.54, 1.807) is 12.1 Å². The van der Waals surface area contributed by atoms with E-state index < -0.39 is 18.6 Å². The van der Waals surface area contributed by atoms with E-state index in [-0.39, 0.29) is 17.6 Å². The topological polar surface area (TPSA) is 52.9 Å². The number of likely N-dealkylation sites (tertiary alicyclic amines) is 1. The van der Waals surface area contributed by atoms with Gasteiger partial charge < -0.3 is 14.9 Å². The van der Waals surface area contributed by atoms with Crippen LogP contribution in [0.3, 0.4) is 0 Å². The van der Waals surface area contributed by atoms with Gasteiger partial charge in [-0.3, -0.25) is 4.90 Å². The number of para-hydroxylation sites is 1. The average molecular weight is 331 g/mol. The van der Waals surface area contributed by atoms with Gasteiger partial charge in [0.15, 0.2) is 0 Å². The fourth-order valence-corrected chi connectivity index (χ4v) is 3.73. The largest absolute Gasteiger partial charge is 0.573 e. The van der Waals surface area contributed by atoms with Gasteiger partial charge in [-0.2, -0.15) is 0 Å². The Bertz CT molecular complexity index is 534. The van der Waals surface area contributed by atoms with Crippen LogP contribution in [-0.4, -0.2) is 46.8 Å². The number of hydrogen-bond acceptors (Lipinski definition) is 4. The molecule has 1 saturated heterocycles. The van der Waals surface area contributed by atoms with E-state index in [1.165, 1.54) is 12.1 Å². The molecule has 0 radical (unpaired) electrons. The Morgan fingerprint density at radius 2 is 1.61 bits per heavy atom. The number of ether oxygens (including phenoxy) is 1. The lowest BCUT2D eigenvalue weighted by Gasteiger charge is -2.32. The predicted molar refractivity (Wildman–Crippen MR) is 76.6 cm³/mol. The molecule has 4 atom stereocenters. The summed E-state index contributed by atoms with van der Waals surface area (Å²) < 4.78 is 41.5. The van der Waals surface area contributed by atoms with E-state index in [4.69, 9.17) is 0 Å². The Morgan fingerprint density at radius 3 is 2.17 bits per heavy atom. The lowest BCUT2D eigenvalue weighted by atomic mass is 9.79. The van der Waals surface area contributed by atoms with E-state index in [1.807, 2.05) is 0 Å². The molecule has 2 fully saturated rings. The minimum atomic E-state index is -4.71. The minimum Gasteiger partial charge on any atom is -0.405 e. The van der Waals surface area contributed by atoms with Crippen LogP contribution in [0.15, 0.2) is 24.3 Å². The molecule has 2 N–H and O–H groups in total. The molecule has 0 aromatic heterocycles. The monoisotopic (exact) mass is 331 g/mol. The third-order valence-electron chi connectivity index (χ3n) is 4.78. The van der Waals surface area contributed by atoms with Gasteiger partial charge in [-0.05, 0) is 30.7 Å². The standard InChI is InChI=1S/C16H20F3NO3/c17-16(18,19)23-15-4-2-1-3-10(15)7-20-8-11-5-13(21)14(22)6-12(11)9-20/h1-4,11-14,21-22H,5-9H2/t11-,12+,13-,14-/m0/s1. The molecule has 7 heteroatoms. The Balaban J connectivity index is 1.67. The molecular formula is C16H20F3NO3. The average Bonchev–Trinajstić information content (AvgIpc) is 2.81. The van der Waals surface area contributed by atoms with Crippen molar-refractivity contribution < 1.29 is 28.1 Å². The lowest BCUT2D eigenvalue weighted by molar-refractivity contribution is -0.275. The van der Waals surface area contributed by atoms with E-state index in [0.717, 1.165) is 13.1 Å². The van der Waals surface area contributed by atoms with Crippen LogP contribution in [-0.2, 0) is 6.54 Å². The molecule has 4 nitrogen and oxygen atoms in total. The number of halogens is 3. The van der Waals surface area contributed by atoms with Crippen molar-refractivity contribution in [3.05, 3.63) is 29.8 Å². The molecule has 1 aromatic carbocycles.